The van der Waals surface area contributed by atoms with Gasteiger partial charge < -0.3 is 14.2 Å². The molecule has 0 amide bonds. The first-order valence-corrected chi connectivity index (χ1v) is 9.45. The van der Waals surface area contributed by atoms with Crippen LogP contribution in [0.5, 0.6) is 5.75 Å². The fourth-order valence-electron chi connectivity index (χ4n) is 2.85. The molecule has 1 atom stereocenters. The number of para-hydroxylation sites is 1. The van der Waals surface area contributed by atoms with Crippen LogP contribution in [0, 0.1) is 0 Å². The van der Waals surface area contributed by atoms with Crippen LogP contribution in [0.15, 0.2) is 59.1 Å². The third-order valence-electron chi connectivity index (χ3n) is 4.16. The molecule has 25 heavy (non-hydrogen) atoms. The summed E-state index contributed by atoms with van der Waals surface area (Å²) in [4.78, 5) is 2.40. The van der Waals surface area contributed by atoms with E-state index in [0.29, 0.717) is 19.8 Å². The summed E-state index contributed by atoms with van der Waals surface area (Å²) in [6, 6.07) is 18.2. The molecule has 0 radical (unpaired) electrons. The molecule has 1 heterocycles. The predicted molar refractivity (Wildman–Crippen MR) is 102 cm³/mol. The van der Waals surface area contributed by atoms with Crippen molar-refractivity contribution in [1.29, 1.82) is 0 Å². The number of benzene rings is 2. The number of rotatable bonds is 8. The van der Waals surface area contributed by atoms with Gasteiger partial charge in [-0.3, -0.25) is 4.90 Å². The molecule has 1 aliphatic heterocycles. The molecule has 0 saturated carbocycles. The third kappa shape index (κ3) is 6.12. The van der Waals surface area contributed by atoms with Crippen molar-refractivity contribution in [2.75, 3.05) is 46.1 Å². The Hall–Kier alpha value is -1.40. The summed E-state index contributed by atoms with van der Waals surface area (Å²) in [5.41, 5.74) is 1.22. The minimum absolute atomic E-state index is 0.132. The molecular formula is C20H24BrNO3. The SMILES string of the molecule is Brc1cccc(C2CN(CCOCCOc3ccccc3)CCO2)c1. The van der Waals surface area contributed by atoms with Crippen LogP contribution in [0.3, 0.4) is 0 Å². The molecule has 0 aliphatic carbocycles. The highest BCUT2D eigenvalue weighted by atomic mass is 79.9. The van der Waals surface area contributed by atoms with E-state index in [1.807, 2.05) is 36.4 Å². The maximum absolute atomic E-state index is 5.92. The minimum Gasteiger partial charge on any atom is -0.491 e. The van der Waals surface area contributed by atoms with Gasteiger partial charge in [-0.25, -0.2) is 0 Å². The fraction of sp³-hybridized carbons (Fsp3) is 0.400. The van der Waals surface area contributed by atoms with E-state index in [9.17, 15) is 0 Å². The standard InChI is InChI=1S/C20H24BrNO3/c21-18-6-4-5-17(15-18)20-16-22(10-12-25-20)9-11-23-13-14-24-19-7-2-1-3-8-19/h1-8,15,20H,9-14,16H2. The van der Waals surface area contributed by atoms with E-state index in [4.69, 9.17) is 14.2 Å². The molecule has 0 N–H and O–H groups in total. The van der Waals surface area contributed by atoms with Gasteiger partial charge in [-0.05, 0) is 29.8 Å². The monoisotopic (exact) mass is 405 g/mol. The Labute approximate surface area is 157 Å². The highest BCUT2D eigenvalue weighted by Gasteiger charge is 2.21. The van der Waals surface area contributed by atoms with Crippen LogP contribution in [-0.4, -0.2) is 51.0 Å². The van der Waals surface area contributed by atoms with Crippen molar-refractivity contribution < 1.29 is 14.2 Å². The second-order valence-corrected chi connectivity index (χ2v) is 6.90. The highest BCUT2D eigenvalue weighted by Crippen LogP contribution is 2.24. The zero-order valence-corrected chi connectivity index (χ0v) is 15.9. The first-order chi connectivity index (χ1) is 12.3. The van der Waals surface area contributed by atoms with Crippen LogP contribution in [0.4, 0.5) is 0 Å². The Balaban J connectivity index is 1.33. The molecule has 134 valence electrons. The van der Waals surface area contributed by atoms with Crippen molar-refractivity contribution in [1.82, 2.24) is 4.90 Å². The maximum atomic E-state index is 5.92. The average molecular weight is 406 g/mol. The predicted octanol–water partition coefficient (Wildman–Crippen LogP) is 3.92. The second kappa shape index (κ2) is 9.92. The summed E-state index contributed by atoms with van der Waals surface area (Å²) in [5.74, 6) is 0.885. The Morgan fingerprint density at radius 3 is 2.76 bits per heavy atom. The average Bonchev–Trinajstić information content (AvgIpc) is 2.66. The molecule has 5 heteroatoms. The molecule has 2 aromatic carbocycles. The normalized spacial score (nSPS) is 18.2. The van der Waals surface area contributed by atoms with Crippen LogP contribution in [-0.2, 0) is 9.47 Å². The van der Waals surface area contributed by atoms with Crippen LogP contribution >= 0.6 is 15.9 Å². The topological polar surface area (TPSA) is 30.9 Å². The Bertz CT molecular complexity index is 638. The van der Waals surface area contributed by atoms with Gasteiger partial charge in [0.25, 0.3) is 0 Å². The van der Waals surface area contributed by atoms with E-state index in [1.165, 1.54) is 5.56 Å². The van der Waals surface area contributed by atoms with Gasteiger partial charge >= 0.3 is 0 Å². The van der Waals surface area contributed by atoms with Gasteiger partial charge in [0.05, 0.1) is 25.9 Å². The third-order valence-corrected chi connectivity index (χ3v) is 4.66. The lowest BCUT2D eigenvalue weighted by Gasteiger charge is -2.33. The van der Waals surface area contributed by atoms with Crippen LogP contribution in [0.1, 0.15) is 11.7 Å². The Kier molecular flexibility index (Phi) is 7.30. The quantitative estimate of drug-likeness (QED) is 0.622. The lowest BCUT2D eigenvalue weighted by atomic mass is 10.1. The van der Waals surface area contributed by atoms with Crippen molar-refractivity contribution in [3.8, 4) is 5.75 Å². The molecular weight excluding hydrogens is 382 g/mol. The molecule has 1 aliphatic rings. The summed E-state index contributed by atoms with van der Waals surface area (Å²) >= 11 is 3.53. The van der Waals surface area contributed by atoms with Crippen molar-refractivity contribution in [3.63, 3.8) is 0 Å². The summed E-state index contributed by atoms with van der Waals surface area (Å²) < 4.78 is 18.3. The largest absolute Gasteiger partial charge is 0.491 e. The van der Waals surface area contributed by atoms with Crippen molar-refractivity contribution in [3.05, 3.63) is 64.6 Å². The molecule has 1 unspecified atom stereocenters. The Morgan fingerprint density at radius 1 is 1.04 bits per heavy atom. The van der Waals surface area contributed by atoms with E-state index in [2.05, 4.69) is 39.0 Å². The van der Waals surface area contributed by atoms with Crippen molar-refractivity contribution >= 4 is 15.9 Å². The van der Waals surface area contributed by atoms with Crippen molar-refractivity contribution in [2.24, 2.45) is 0 Å². The molecule has 1 saturated heterocycles. The van der Waals surface area contributed by atoms with Gasteiger partial charge in [0.2, 0.25) is 0 Å². The van der Waals surface area contributed by atoms with Crippen LogP contribution < -0.4 is 4.74 Å². The van der Waals surface area contributed by atoms with E-state index >= 15 is 0 Å². The highest BCUT2D eigenvalue weighted by molar-refractivity contribution is 9.10. The van der Waals surface area contributed by atoms with Crippen LogP contribution in [0.2, 0.25) is 0 Å². The van der Waals surface area contributed by atoms with E-state index in [-0.39, 0.29) is 6.10 Å². The summed E-state index contributed by atoms with van der Waals surface area (Å²) in [5, 5.41) is 0. The van der Waals surface area contributed by atoms with E-state index < -0.39 is 0 Å². The summed E-state index contributed by atoms with van der Waals surface area (Å²) in [6.07, 6.45) is 0.132. The van der Waals surface area contributed by atoms with Gasteiger partial charge in [-0.1, -0.05) is 46.3 Å². The number of nitrogens with zero attached hydrogens (tertiary/aromatic N) is 1. The smallest absolute Gasteiger partial charge is 0.119 e. The summed E-state index contributed by atoms with van der Waals surface area (Å²) in [7, 11) is 0. The first kappa shape index (κ1) is 18.4. The minimum atomic E-state index is 0.132. The van der Waals surface area contributed by atoms with Gasteiger partial charge in [0.1, 0.15) is 12.4 Å². The number of ether oxygens (including phenoxy) is 3. The van der Waals surface area contributed by atoms with Gasteiger partial charge in [0, 0.05) is 24.1 Å². The molecule has 3 rings (SSSR count). The fourth-order valence-corrected chi connectivity index (χ4v) is 3.26. The molecule has 2 aromatic rings. The lowest BCUT2D eigenvalue weighted by molar-refractivity contribution is -0.0386. The molecule has 0 bridgehead atoms. The zero-order valence-electron chi connectivity index (χ0n) is 14.3. The molecule has 0 aromatic heterocycles. The number of morpholine rings is 1. The van der Waals surface area contributed by atoms with E-state index in [0.717, 1.165) is 36.5 Å². The molecule has 0 spiro atoms. The number of hydrogen-bond acceptors (Lipinski definition) is 4. The zero-order chi connectivity index (χ0) is 17.3. The van der Waals surface area contributed by atoms with E-state index in [1.54, 1.807) is 0 Å². The van der Waals surface area contributed by atoms with Crippen molar-refractivity contribution in [2.45, 2.75) is 6.10 Å². The van der Waals surface area contributed by atoms with Crippen LogP contribution in [0.25, 0.3) is 0 Å². The lowest BCUT2D eigenvalue weighted by Crippen LogP contribution is -2.40. The first-order valence-electron chi connectivity index (χ1n) is 8.66. The second-order valence-electron chi connectivity index (χ2n) is 5.99. The van der Waals surface area contributed by atoms with Gasteiger partial charge in [0.15, 0.2) is 0 Å². The Morgan fingerprint density at radius 2 is 1.92 bits per heavy atom. The van der Waals surface area contributed by atoms with Gasteiger partial charge in [-0.2, -0.15) is 0 Å². The number of halogens is 1. The molecule has 1 fully saturated rings. The summed E-state index contributed by atoms with van der Waals surface area (Å²) in [6.45, 7) is 5.42. The molecule has 4 nitrogen and oxygen atoms in total. The number of hydrogen-bond donors (Lipinski definition) is 0. The van der Waals surface area contributed by atoms with Gasteiger partial charge in [-0.15, -0.1) is 0 Å². The maximum Gasteiger partial charge on any atom is 0.119 e.